The van der Waals surface area contributed by atoms with Gasteiger partial charge in [-0.25, -0.2) is 9.37 Å². The molecule has 0 saturated heterocycles. The molecule has 0 amide bonds. The second-order valence-electron chi connectivity index (χ2n) is 4.36. The first-order valence-corrected chi connectivity index (χ1v) is 6.67. The monoisotopic (exact) mass is 278 g/mol. The van der Waals surface area contributed by atoms with Crippen LogP contribution in [-0.4, -0.2) is 4.98 Å². The highest BCUT2D eigenvalue weighted by molar-refractivity contribution is 6.33. The first-order chi connectivity index (χ1) is 9.08. The van der Waals surface area contributed by atoms with Crippen LogP contribution in [0.2, 0.25) is 5.02 Å². The van der Waals surface area contributed by atoms with Crippen LogP contribution >= 0.6 is 11.6 Å². The van der Waals surface area contributed by atoms with Crippen LogP contribution in [0.15, 0.2) is 24.4 Å². The van der Waals surface area contributed by atoms with Gasteiger partial charge in [0.1, 0.15) is 11.6 Å². The molecule has 0 radical (unpaired) electrons. The van der Waals surface area contributed by atoms with Gasteiger partial charge in [-0.2, -0.15) is 0 Å². The molecule has 0 spiro atoms. The van der Waals surface area contributed by atoms with E-state index < -0.39 is 0 Å². The molecule has 2 nitrogen and oxygen atoms in total. The van der Waals surface area contributed by atoms with Crippen LogP contribution in [0.1, 0.15) is 25.0 Å². The Morgan fingerprint density at radius 2 is 1.95 bits per heavy atom. The summed E-state index contributed by atoms with van der Waals surface area (Å²) >= 11 is 6.09. The molecule has 0 aliphatic carbocycles. The van der Waals surface area contributed by atoms with Crippen LogP contribution in [0.5, 0.6) is 0 Å². The minimum atomic E-state index is -0.214. The number of aromatic nitrogens is 1. The first-order valence-electron chi connectivity index (χ1n) is 6.30. The molecule has 0 aliphatic heterocycles. The van der Waals surface area contributed by atoms with Gasteiger partial charge in [0.15, 0.2) is 0 Å². The maximum absolute atomic E-state index is 14.6. The third kappa shape index (κ3) is 2.56. The normalized spacial score (nSPS) is 10.7. The van der Waals surface area contributed by atoms with Gasteiger partial charge in [0.2, 0.25) is 0 Å². The van der Waals surface area contributed by atoms with Gasteiger partial charge >= 0.3 is 0 Å². The van der Waals surface area contributed by atoms with Crippen molar-refractivity contribution in [3.8, 4) is 11.1 Å². The van der Waals surface area contributed by atoms with E-state index >= 15 is 0 Å². The van der Waals surface area contributed by atoms with Crippen molar-refractivity contribution in [2.24, 2.45) is 0 Å². The van der Waals surface area contributed by atoms with E-state index in [1.165, 1.54) is 6.20 Å². The van der Waals surface area contributed by atoms with Crippen molar-refractivity contribution in [3.05, 3.63) is 46.4 Å². The molecule has 1 aromatic carbocycles. The SMILES string of the molecule is CCc1ccc(-c2cc(N)ncc2Cl)c(F)c1CC. The second kappa shape index (κ2) is 5.57. The van der Waals surface area contributed by atoms with Gasteiger partial charge in [0, 0.05) is 17.3 Å². The lowest BCUT2D eigenvalue weighted by atomic mass is 9.96. The largest absolute Gasteiger partial charge is 0.384 e. The molecule has 4 heteroatoms. The van der Waals surface area contributed by atoms with Crippen molar-refractivity contribution >= 4 is 17.4 Å². The third-order valence-corrected chi connectivity index (χ3v) is 3.54. The fraction of sp³-hybridized carbons (Fsp3) is 0.267. The fourth-order valence-electron chi connectivity index (χ4n) is 2.24. The molecule has 0 bridgehead atoms. The molecule has 1 aromatic heterocycles. The molecule has 0 saturated carbocycles. The summed E-state index contributed by atoms with van der Waals surface area (Å²) in [5, 5.41) is 0.402. The van der Waals surface area contributed by atoms with E-state index in [2.05, 4.69) is 4.98 Å². The summed E-state index contributed by atoms with van der Waals surface area (Å²) in [7, 11) is 0. The molecular weight excluding hydrogens is 263 g/mol. The van der Waals surface area contributed by atoms with Gasteiger partial charge in [0.05, 0.1) is 5.02 Å². The number of aryl methyl sites for hydroxylation is 1. The lowest BCUT2D eigenvalue weighted by Gasteiger charge is -2.13. The molecule has 0 aliphatic rings. The number of hydrogen-bond acceptors (Lipinski definition) is 2. The molecule has 100 valence electrons. The molecule has 2 rings (SSSR count). The Bertz CT molecular complexity index is 611. The maximum Gasteiger partial charge on any atom is 0.134 e. The lowest BCUT2D eigenvalue weighted by molar-refractivity contribution is 0.612. The molecule has 0 unspecified atom stereocenters. The van der Waals surface area contributed by atoms with Crippen molar-refractivity contribution in [3.63, 3.8) is 0 Å². The zero-order valence-corrected chi connectivity index (χ0v) is 11.8. The summed E-state index contributed by atoms with van der Waals surface area (Å²) in [6, 6.07) is 5.31. The van der Waals surface area contributed by atoms with E-state index in [0.29, 0.717) is 28.4 Å². The molecule has 1 heterocycles. The Morgan fingerprint density at radius 3 is 2.58 bits per heavy atom. The average molecular weight is 279 g/mol. The number of hydrogen-bond donors (Lipinski definition) is 1. The van der Waals surface area contributed by atoms with E-state index in [0.717, 1.165) is 17.5 Å². The van der Waals surface area contributed by atoms with E-state index in [9.17, 15) is 4.39 Å². The number of pyridine rings is 1. The van der Waals surface area contributed by atoms with Crippen LogP contribution in [0, 0.1) is 5.82 Å². The Morgan fingerprint density at radius 1 is 1.21 bits per heavy atom. The first kappa shape index (κ1) is 13.8. The molecular formula is C15H16ClFN2. The summed E-state index contributed by atoms with van der Waals surface area (Å²) in [6.07, 6.45) is 2.92. The summed E-state index contributed by atoms with van der Waals surface area (Å²) in [6.45, 7) is 3.97. The van der Waals surface area contributed by atoms with Gasteiger partial charge in [0.25, 0.3) is 0 Å². The van der Waals surface area contributed by atoms with Crippen molar-refractivity contribution < 1.29 is 4.39 Å². The Hall–Kier alpha value is -1.61. The number of halogens is 2. The number of nitrogen functional groups attached to an aromatic ring is 1. The quantitative estimate of drug-likeness (QED) is 0.912. The predicted molar refractivity (Wildman–Crippen MR) is 77.8 cm³/mol. The highest BCUT2D eigenvalue weighted by atomic mass is 35.5. The van der Waals surface area contributed by atoms with Crippen molar-refractivity contribution in [1.29, 1.82) is 0 Å². The number of benzene rings is 1. The van der Waals surface area contributed by atoms with Gasteiger partial charge in [-0.15, -0.1) is 0 Å². The molecule has 19 heavy (non-hydrogen) atoms. The van der Waals surface area contributed by atoms with Gasteiger partial charge in [-0.05, 0) is 30.0 Å². The minimum absolute atomic E-state index is 0.214. The van der Waals surface area contributed by atoms with Crippen LogP contribution in [0.4, 0.5) is 10.2 Å². The molecule has 0 fully saturated rings. The standard InChI is InChI=1S/C15H16ClFN2/c1-3-9-5-6-11(15(17)10(9)4-2)12-7-14(18)19-8-13(12)16/h5-8H,3-4H2,1-2H3,(H2,18,19). The van der Waals surface area contributed by atoms with Gasteiger partial charge in [-0.3, -0.25) is 0 Å². The Labute approximate surface area is 117 Å². The summed E-state index contributed by atoms with van der Waals surface area (Å²) in [5.41, 5.74) is 8.49. The number of rotatable bonds is 3. The number of nitrogens with zero attached hydrogens (tertiary/aromatic N) is 1. The summed E-state index contributed by atoms with van der Waals surface area (Å²) < 4.78 is 14.6. The van der Waals surface area contributed by atoms with Crippen molar-refractivity contribution in [2.45, 2.75) is 26.7 Å². The van der Waals surface area contributed by atoms with E-state index in [1.54, 1.807) is 12.1 Å². The van der Waals surface area contributed by atoms with E-state index in [4.69, 9.17) is 17.3 Å². The highest BCUT2D eigenvalue weighted by Gasteiger charge is 2.15. The topological polar surface area (TPSA) is 38.9 Å². The average Bonchev–Trinajstić information content (AvgIpc) is 2.41. The molecule has 0 atom stereocenters. The Balaban J connectivity index is 2.66. The Kier molecular flexibility index (Phi) is 4.05. The molecule has 2 aromatic rings. The minimum Gasteiger partial charge on any atom is -0.384 e. The zero-order chi connectivity index (χ0) is 14.0. The zero-order valence-electron chi connectivity index (χ0n) is 11.0. The summed E-state index contributed by atoms with van der Waals surface area (Å²) in [5.74, 6) is 0.116. The van der Waals surface area contributed by atoms with E-state index in [1.807, 2.05) is 19.9 Å². The summed E-state index contributed by atoms with van der Waals surface area (Å²) in [4.78, 5) is 3.89. The van der Waals surface area contributed by atoms with Gasteiger partial charge in [-0.1, -0.05) is 37.6 Å². The van der Waals surface area contributed by atoms with Crippen LogP contribution in [-0.2, 0) is 12.8 Å². The van der Waals surface area contributed by atoms with Crippen LogP contribution in [0.3, 0.4) is 0 Å². The van der Waals surface area contributed by atoms with E-state index in [-0.39, 0.29) is 5.82 Å². The lowest BCUT2D eigenvalue weighted by Crippen LogP contribution is -1.99. The van der Waals surface area contributed by atoms with Crippen molar-refractivity contribution in [2.75, 3.05) is 5.73 Å². The molecule has 2 N–H and O–H groups in total. The highest BCUT2D eigenvalue weighted by Crippen LogP contribution is 2.33. The number of nitrogens with two attached hydrogens (primary N) is 1. The van der Waals surface area contributed by atoms with Crippen LogP contribution < -0.4 is 5.73 Å². The smallest absolute Gasteiger partial charge is 0.134 e. The second-order valence-corrected chi connectivity index (χ2v) is 4.77. The predicted octanol–water partition coefficient (Wildman–Crippen LogP) is 4.25. The van der Waals surface area contributed by atoms with Crippen molar-refractivity contribution in [1.82, 2.24) is 4.98 Å². The number of anilines is 1. The van der Waals surface area contributed by atoms with Gasteiger partial charge < -0.3 is 5.73 Å². The maximum atomic E-state index is 14.6. The fourth-order valence-corrected chi connectivity index (χ4v) is 2.45. The van der Waals surface area contributed by atoms with Crippen LogP contribution in [0.25, 0.3) is 11.1 Å². The third-order valence-electron chi connectivity index (χ3n) is 3.24.